The van der Waals surface area contributed by atoms with Gasteiger partial charge >= 0.3 is 6.61 Å². The first-order valence-corrected chi connectivity index (χ1v) is 8.29. The van der Waals surface area contributed by atoms with Gasteiger partial charge in [-0.15, -0.1) is 12.4 Å². The summed E-state index contributed by atoms with van der Waals surface area (Å²) in [4.78, 5) is 12.1. The Balaban J connectivity index is 0.00000364. The van der Waals surface area contributed by atoms with E-state index in [-0.39, 0.29) is 37.0 Å². The van der Waals surface area contributed by atoms with Gasteiger partial charge in [-0.1, -0.05) is 19.1 Å². The van der Waals surface area contributed by atoms with Crippen molar-refractivity contribution >= 4 is 24.0 Å². The molecule has 0 saturated heterocycles. The highest BCUT2D eigenvalue weighted by molar-refractivity contribution is 5.85. The summed E-state index contributed by atoms with van der Waals surface area (Å²) in [6.07, 6.45) is 0.969. The predicted molar refractivity (Wildman–Crippen MR) is 103 cm³/mol. The average molecular weight is 401 g/mol. The standard InChI is InChI=1S/C19H22F2N2O3.ClH/c1-2-9-25-16-8-5-14(17(11-16)26-19(20)21)12-23-18(24)10-13-3-6-15(22)7-4-13;/h3-8,11,19H,2,9-10,12,22H2,1H3,(H,23,24);1H. The third-order valence-corrected chi connectivity index (χ3v) is 3.55. The van der Waals surface area contributed by atoms with Crippen molar-refractivity contribution in [3.05, 3.63) is 53.6 Å². The largest absolute Gasteiger partial charge is 0.493 e. The van der Waals surface area contributed by atoms with E-state index in [1.807, 2.05) is 6.92 Å². The van der Waals surface area contributed by atoms with Crippen LogP contribution in [0.3, 0.4) is 0 Å². The molecule has 5 nitrogen and oxygen atoms in total. The molecule has 8 heteroatoms. The van der Waals surface area contributed by atoms with E-state index in [2.05, 4.69) is 10.1 Å². The zero-order chi connectivity index (χ0) is 18.9. The van der Waals surface area contributed by atoms with Crippen LogP contribution in [0.25, 0.3) is 0 Å². The van der Waals surface area contributed by atoms with Crippen molar-refractivity contribution in [2.45, 2.75) is 32.9 Å². The van der Waals surface area contributed by atoms with Gasteiger partial charge < -0.3 is 20.5 Å². The Morgan fingerprint density at radius 1 is 1.19 bits per heavy atom. The van der Waals surface area contributed by atoms with Crippen LogP contribution in [0, 0.1) is 0 Å². The van der Waals surface area contributed by atoms with Crippen LogP contribution in [0.4, 0.5) is 14.5 Å². The molecule has 0 spiro atoms. The van der Waals surface area contributed by atoms with Gasteiger partial charge in [0, 0.05) is 23.9 Å². The second kappa shape index (κ2) is 11.2. The van der Waals surface area contributed by atoms with Gasteiger partial charge in [0.15, 0.2) is 0 Å². The quantitative estimate of drug-likeness (QED) is 0.625. The number of hydrogen-bond donors (Lipinski definition) is 2. The zero-order valence-electron chi connectivity index (χ0n) is 14.9. The van der Waals surface area contributed by atoms with Crippen LogP contribution in [0.1, 0.15) is 24.5 Å². The molecule has 0 radical (unpaired) electrons. The number of nitrogens with one attached hydrogen (secondary N) is 1. The number of nitrogen functional groups attached to an aromatic ring is 1. The third kappa shape index (κ3) is 7.70. The highest BCUT2D eigenvalue weighted by Crippen LogP contribution is 2.26. The molecule has 1 amide bonds. The molecular formula is C19H23ClF2N2O3. The molecule has 3 N–H and O–H groups in total. The normalized spacial score (nSPS) is 10.2. The SMILES string of the molecule is CCCOc1ccc(CNC(=O)Cc2ccc(N)cc2)c(OC(F)F)c1.Cl. The first-order valence-electron chi connectivity index (χ1n) is 8.29. The Labute approximate surface area is 163 Å². The molecule has 2 aromatic carbocycles. The summed E-state index contributed by atoms with van der Waals surface area (Å²) in [5.41, 5.74) is 7.48. The summed E-state index contributed by atoms with van der Waals surface area (Å²) in [5.74, 6) is 0.199. The first-order chi connectivity index (χ1) is 12.5. The number of nitrogens with two attached hydrogens (primary N) is 1. The molecule has 0 heterocycles. The Bertz CT molecular complexity index is 727. The average Bonchev–Trinajstić information content (AvgIpc) is 2.60. The van der Waals surface area contributed by atoms with E-state index in [9.17, 15) is 13.6 Å². The molecular weight excluding hydrogens is 378 g/mol. The van der Waals surface area contributed by atoms with Gasteiger partial charge in [-0.05, 0) is 36.2 Å². The van der Waals surface area contributed by atoms with Crippen LogP contribution >= 0.6 is 12.4 Å². The number of amides is 1. The van der Waals surface area contributed by atoms with Gasteiger partial charge in [-0.3, -0.25) is 4.79 Å². The summed E-state index contributed by atoms with van der Waals surface area (Å²) in [6.45, 7) is -0.460. The van der Waals surface area contributed by atoms with E-state index in [0.29, 0.717) is 23.6 Å². The van der Waals surface area contributed by atoms with E-state index in [0.717, 1.165) is 12.0 Å². The lowest BCUT2D eigenvalue weighted by Crippen LogP contribution is -2.25. The fourth-order valence-electron chi connectivity index (χ4n) is 2.27. The predicted octanol–water partition coefficient (Wildman–Crippen LogP) is 3.94. The molecule has 27 heavy (non-hydrogen) atoms. The molecule has 2 rings (SSSR count). The van der Waals surface area contributed by atoms with Crippen LogP contribution in [0.5, 0.6) is 11.5 Å². The summed E-state index contributed by atoms with van der Waals surface area (Å²) in [6, 6.07) is 11.6. The molecule has 0 aromatic heterocycles. The number of benzene rings is 2. The first kappa shape index (κ1) is 22.5. The van der Waals surface area contributed by atoms with Crippen LogP contribution in [0.15, 0.2) is 42.5 Å². The number of alkyl halides is 2. The number of rotatable bonds is 9. The zero-order valence-corrected chi connectivity index (χ0v) is 15.7. The van der Waals surface area contributed by atoms with Gasteiger partial charge in [0.2, 0.25) is 5.91 Å². The number of halogens is 3. The van der Waals surface area contributed by atoms with Crippen LogP contribution in [-0.2, 0) is 17.8 Å². The van der Waals surface area contributed by atoms with Gasteiger partial charge in [-0.2, -0.15) is 8.78 Å². The molecule has 2 aromatic rings. The molecule has 0 aliphatic rings. The van der Waals surface area contributed by atoms with Crippen molar-refractivity contribution in [2.75, 3.05) is 12.3 Å². The van der Waals surface area contributed by atoms with Gasteiger partial charge in [0.05, 0.1) is 13.0 Å². The monoisotopic (exact) mass is 400 g/mol. The van der Waals surface area contributed by atoms with Crippen LogP contribution in [0.2, 0.25) is 0 Å². The fourth-order valence-corrected chi connectivity index (χ4v) is 2.27. The van der Waals surface area contributed by atoms with Gasteiger partial charge in [-0.25, -0.2) is 0 Å². The smallest absolute Gasteiger partial charge is 0.387 e. The highest BCUT2D eigenvalue weighted by Gasteiger charge is 2.13. The summed E-state index contributed by atoms with van der Waals surface area (Å²) in [7, 11) is 0. The minimum atomic E-state index is -2.96. The molecule has 0 unspecified atom stereocenters. The molecule has 0 aliphatic carbocycles. The lowest BCUT2D eigenvalue weighted by molar-refractivity contribution is -0.120. The maximum absolute atomic E-state index is 12.6. The molecule has 0 saturated carbocycles. The summed E-state index contributed by atoms with van der Waals surface area (Å²) >= 11 is 0. The molecule has 0 bridgehead atoms. The van der Waals surface area contributed by atoms with Crippen molar-refractivity contribution in [1.29, 1.82) is 0 Å². The Morgan fingerprint density at radius 3 is 2.52 bits per heavy atom. The second-order valence-electron chi connectivity index (χ2n) is 5.69. The lowest BCUT2D eigenvalue weighted by Gasteiger charge is -2.14. The summed E-state index contributed by atoms with van der Waals surface area (Å²) < 4.78 is 35.3. The van der Waals surface area contributed by atoms with E-state index >= 15 is 0 Å². The van der Waals surface area contributed by atoms with Crippen molar-refractivity contribution in [3.8, 4) is 11.5 Å². The Hall–Kier alpha value is -2.54. The minimum absolute atomic E-state index is 0. The van der Waals surface area contributed by atoms with E-state index < -0.39 is 6.61 Å². The Kier molecular flexibility index (Phi) is 9.36. The van der Waals surface area contributed by atoms with Gasteiger partial charge in [0.1, 0.15) is 11.5 Å². The maximum Gasteiger partial charge on any atom is 0.387 e. The van der Waals surface area contributed by atoms with Crippen LogP contribution in [-0.4, -0.2) is 19.1 Å². The van der Waals surface area contributed by atoms with E-state index in [1.54, 1.807) is 36.4 Å². The van der Waals surface area contributed by atoms with Crippen molar-refractivity contribution in [1.82, 2.24) is 5.32 Å². The maximum atomic E-state index is 12.6. The number of hydrogen-bond acceptors (Lipinski definition) is 4. The number of ether oxygens (including phenoxy) is 2. The number of carbonyl (C=O) groups is 1. The van der Waals surface area contributed by atoms with Crippen molar-refractivity contribution in [2.24, 2.45) is 0 Å². The molecule has 0 fully saturated rings. The second-order valence-corrected chi connectivity index (χ2v) is 5.69. The number of carbonyl (C=O) groups excluding carboxylic acids is 1. The fraction of sp³-hybridized carbons (Fsp3) is 0.316. The van der Waals surface area contributed by atoms with Crippen molar-refractivity contribution in [3.63, 3.8) is 0 Å². The minimum Gasteiger partial charge on any atom is -0.493 e. The topological polar surface area (TPSA) is 73.6 Å². The van der Waals surface area contributed by atoms with Crippen molar-refractivity contribution < 1.29 is 23.0 Å². The highest BCUT2D eigenvalue weighted by atomic mass is 35.5. The summed E-state index contributed by atoms with van der Waals surface area (Å²) in [5, 5.41) is 2.70. The molecule has 0 atom stereocenters. The Morgan fingerprint density at radius 2 is 1.89 bits per heavy atom. The third-order valence-electron chi connectivity index (χ3n) is 3.55. The van der Waals surface area contributed by atoms with E-state index in [1.165, 1.54) is 6.07 Å². The van der Waals surface area contributed by atoms with Gasteiger partial charge in [0.25, 0.3) is 0 Å². The number of anilines is 1. The molecule has 148 valence electrons. The van der Waals surface area contributed by atoms with E-state index in [4.69, 9.17) is 10.5 Å². The molecule has 0 aliphatic heterocycles. The van der Waals surface area contributed by atoms with Crippen LogP contribution < -0.4 is 20.5 Å². The lowest BCUT2D eigenvalue weighted by atomic mass is 10.1.